The molecule has 1 nitrogen and oxygen atoms in total. The summed E-state index contributed by atoms with van der Waals surface area (Å²) in [6.07, 6.45) is 3.49. The number of allylic oxidation sites excluding steroid dienone is 4. The van der Waals surface area contributed by atoms with E-state index in [0.29, 0.717) is 5.57 Å². The lowest BCUT2D eigenvalue weighted by Gasteiger charge is -2.03. The van der Waals surface area contributed by atoms with E-state index in [1.165, 1.54) is 0 Å². The van der Waals surface area contributed by atoms with Crippen molar-refractivity contribution in [1.82, 2.24) is 0 Å². The normalized spacial score (nSPS) is 10.0. The molecule has 0 saturated heterocycles. The van der Waals surface area contributed by atoms with E-state index < -0.39 is 0 Å². The molecule has 0 rings (SSSR count). The van der Waals surface area contributed by atoms with Crippen LogP contribution in [-0.4, -0.2) is 11.7 Å². The van der Waals surface area contributed by atoms with E-state index in [9.17, 15) is 0 Å². The average Bonchev–Trinajstić information content (AvgIpc) is 2.11. The third-order valence-corrected chi connectivity index (χ3v) is 1.63. The highest BCUT2D eigenvalue weighted by Crippen LogP contribution is 2.14. The Morgan fingerprint density at radius 2 is 1.69 bits per heavy atom. The van der Waals surface area contributed by atoms with Gasteiger partial charge in [0.15, 0.2) is 0 Å². The summed E-state index contributed by atoms with van der Waals surface area (Å²) in [4.78, 5) is 0. The molecule has 0 aromatic heterocycles. The maximum atomic E-state index is 8.68. The predicted molar refractivity (Wildman–Crippen MR) is 58.5 cm³/mol. The fourth-order valence-electron chi connectivity index (χ4n) is 0.646. The molecule has 0 aliphatic carbocycles. The Kier molecular flexibility index (Phi) is 4.78. The second kappa shape index (κ2) is 5.33. The van der Waals surface area contributed by atoms with Gasteiger partial charge in [0.25, 0.3) is 0 Å². The summed E-state index contributed by atoms with van der Waals surface area (Å²) in [5.41, 5.74) is 3.16. The molecule has 0 spiro atoms. The molecule has 0 radical (unpaired) electrons. The lowest BCUT2D eigenvalue weighted by atomic mass is 10.0. The maximum absolute atomic E-state index is 8.68. The first kappa shape index (κ1) is 11.7. The fourth-order valence-corrected chi connectivity index (χ4v) is 0.646. The molecule has 1 heteroatoms. The minimum Gasteiger partial charge on any atom is -0.392 e. The van der Waals surface area contributed by atoms with Gasteiger partial charge in [0, 0.05) is 0 Å². The minimum absolute atomic E-state index is 0.0384. The van der Waals surface area contributed by atoms with E-state index >= 15 is 0 Å². The van der Waals surface area contributed by atoms with E-state index in [2.05, 4.69) is 26.3 Å². The summed E-state index contributed by atoms with van der Waals surface area (Å²) >= 11 is 0. The minimum atomic E-state index is -0.0384. The van der Waals surface area contributed by atoms with Crippen molar-refractivity contribution in [1.29, 1.82) is 0 Å². The second-order valence-corrected chi connectivity index (χ2v) is 2.93. The summed E-state index contributed by atoms with van der Waals surface area (Å²) in [6.45, 7) is 16.8. The number of rotatable bonds is 5. The molecular weight excluding hydrogens is 160 g/mol. The van der Waals surface area contributed by atoms with Gasteiger partial charge in [-0.3, -0.25) is 0 Å². The number of hydrogen-bond donors (Lipinski definition) is 1. The van der Waals surface area contributed by atoms with Crippen molar-refractivity contribution in [3.8, 4) is 0 Å². The smallest absolute Gasteiger partial charge is 0.0676 e. The lowest BCUT2D eigenvalue weighted by molar-refractivity contribution is 0.335. The van der Waals surface area contributed by atoms with E-state index in [1.807, 2.05) is 6.92 Å². The second-order valence-electron chi connectivity index (χ2n) is 2.93. The van der Waals surface area contributed by atoms with Gasteiger partial charge in [0.1, 0.15) is 0 Å². The van der Waals surface area contributed by atoms with Crippen LogP contribution in [0.15, 0.2) is 60.8 Å². The van der Waals surface area contributed by atoms with Gasteiger partial charge in [-0.05, 0) is 23.6 Å². The Morgan fingerprint density at radius 1 is 1.15 bits per heavy atom. The van der Waals surface area contributed by atoms with Crippen molar-refractivity contribution >= 4 is 0 Å². The average molecular weight is 176 g/mol. The zero-order chi connectivity index (χ0) is 10.4. The standard InChI is InChI=1S/C12H16O/c1-9(2)12(5)11(4)7-6-10(3)8-13/h6-7,13H,1,3-5,8H2,2H3/b7-6-. The molecule has 0 atom stereocenters. The van der Waals surface area contributed by atoms with Crippen LogP contribution >= 0.6 is 0 Å². The summed E-state index contributed by atoms with van der Waals surface area (Å²) in [7, 11) is 0. The van der Waals surface area contributed by atoms with Gasteiger partial charge in [-0.1, -0.05) is 44.0 Å². The molecule has 0 aliphatic rings. The zero-order valence-electron chi connectivity index (χ0n) is 8.14. The zero-order valence-corrected chi connectivity index (χ0v) is 8.14. The molecular formula is C12H16O. The first-order valence-corrected chi connectivity index (χ1v) is 3.99. The van der Waals surface area contributed by atoms with Gasteiger partial charge in [0.2, 0.25) is 0 Å². The molecule has 0 saturated carbocycles. The fraction of sp³-hybridized carbons (Fsp3) is 0.167. The van der Waals surface area contributed by atoms with Crippen molar-refractivity contribution in [2.75, 3.05) is 6.61 Å². The van der Waals surface area contributed by atoms with Gasteiger partial charge in [-0.15, -0.1) is 0 Å². The molecule has 13 heavy (non-hydrogen) atoms. The monoisotopic (exact) mass is 176 g/mol. The molecule has 0 aliphatic heterocycles. The molecule has 70 valence electrons. The van der Waals surface area contributed by atoms with Crippen LogP contribution in [0.1, 0.15) is 6.92 Å². The Bertz CT molecular complexity index is 279. The van der Waals surface area contributed by atoms with E-state index in [4.69, 9.17) is 5.11 Å². The van der Waals surface area contributed by atoms with Crippen molar-refractivity contribution in [2.45, 2.75) is 6.92 Å². The third kappa shape index (κ3) is 4.28. The molecule has 0 unspecified atom stereocenters. The Balaban J connectivity index is 4.32. The predicted octanol–water partition coefficient (Wildman–Crippen LogP) is 2.78. The lowest BCUT2D eigenvalue weighted by Crippen LogP contribution is -1.86. The largest absolute Gasteiger partial charge is 0.392 e. The number of aliphatic hydroxyl groups excluding tert-OH is 1. The molecule has 0 heterocycles. The molecule has 1 N–H and O–H groups in total. The van der Waals surface area contributed by atoms with E-state index in [1.54, 1.807) is 12.2 Å². The first-order valence-electron chi connectivity index (χ1n) is 3.99. The van der Waals surface area contributed by atoms with Gasteiger partial charge in [-0.25, -0.2) is 0 Å². The summed E-state index contributed by atoms with van der Waals surface area (Å²) in [5.74, 6) is 0. The first-order chi connectivity index (χ1) is 5.99. The quantitative estimate of drug-likeness (QED) is 0.639. The van der Waals surface area contributed by atoms with Gasteiger partial charge in [0.05, 0.1) is 6.61 Å². The third-order valence-electron chi connectivity index (χ3n) is 1.63. The van der Waals surface area contributed by atoms with Crippen LogP contribution in [-0.2, 0) is 0 Å². The van der Waals surface area contributed by atoms with Gasteiger partial charge in [-0.2, -0.15) is 0 Å². The highest BCUT2D eigenvalue weighted by atomic mass is 16.3. The van der Waals surface area contributed by atoms with E-state index in [-0.39, 0.29) is 6.61 Å². The van der Waals surface area contributed by atoms with Crippen molar-refractivity contribution in [3.05, 3.63) is 60.8 Å². The Hall–Kier alpha value is -1.34. The van der Waals surface area contributed by atoms with Crippen LogP contribution in [0, 0.1) is 0 Å². The van der Waals surface area contributed by atoms with Crippen molar-refractivity contribution < 1.29 is 5.11 Å². The maximum Gasteiger partial charge on any atom is 0.0676 e. The van der Waals surface area contributed by atoms with Crippen LogP contribution < -0.4 is 0 Å². The number of hydrogen-bond acceptors (Lipinski definition) is 1. The van der Waals surface area contributed by atoms with Gasteiger partial charge < -0.3 is 5.11 Å². The van der Waals surface area contributed by atoms with Crippen LogP contribution in [0.2, 0.25) is 0 Å². The Labute approximate surface area is 80.1 Å². The van der Waals surface area contributed by atoms with E-state index in [0.717, 1.165) is 16.7 Å². The highest BCUT2D eigenvalue weighted by molar-refractivity contribution is 5.47. The summed E-state index contributed by atoms with van der Waals surface area (Å²) < 4.78 is 0. The number of aliphatic hydroxyl groups is 1. The Morgan fingerprint density at radius 3 is 2.08 bits per heavy atom. The summed E-state index contributed by atoms with van der Waals surface area (Å²) in [5, 5.41) is 8.68. The molecule has 0 aromatic rings. The van der Waals surface area contributed by atoms with Crippen molar-refractivity contribution in [2.24, 2.45) is 0 Å². The van der Waals surface area contributed by atoms with Crippen LogP contribution in [0.4, 0.5) is 0 Å². The topological polar surface area (TPSA) is 20.2 Å². The molecule has 0 bridgehead atoms. The SMILES string of the molecule is C=C(/C=C\C(=C)C(=C)C(=C)C)CO. The highest BCUT2D eigenvalue weighted by Gasteiger charge is 1.96. The molecule has 0 amide bonds. The molecule has 0 aromatic carbocycles. The summed E-state index contributed by atoms with van der Waals surface area (Å²) in [6, 6.07) is 0. The van der Waals surface area contributed by atoms with Crippen LogP contribution in [0.25, 0.3) is 0 Å². The molecule has 0 fully saturated rings. The van der Waals surface area contributed by atoms with Crippen molar-refractivity contribution in [3.63, 3.8) is 0 Å². The van der Waals surface area contributed by atoms with Gasteiger partial charge >= 0.3 is 0 Å². The van der Waals surface area contributed by atoms with Crippen LogP contribution in [0.5, 0.6) is 0 Å². The van der Waals surface area contributed by atoms with Crippen LogP contribution in [0.3, 0.4) is 0 Å².